The fourth-order valence-electron chi connectivity index (χ4n) is 3.09. The lowest BCUT2D eigenvalue weighted by molar-refractivity contribution is 0.394. The van der Waals surface area contributed by atoms with Gasteiger partial charge in [-0.1, -0.05) is 23.9 Å². The van der Waals surface area contributed by atoms with E-state index in [4.69, 9.17) is 14.5 Å². The van der Waals surface area contributed by atoms with Gasteiger partial charge in [-0.05, 0) is 19.1 Å². The summed E-state index contributed by atoms with van der Waals surface area (Å²) in [6.45, 7) is 5.90. The Morgan fingerprint density at radius 2 is 2.12 bits per heavy atom. The molecule has 0 radical (unpaired) electrons. The van der Waals surface area contributed by atoms with Crippen molar-refractivity contribution in [3.05, 3.63) is 30.4 Å². The standard InChI is InChI=1S/C17H22N2O4S2/c1-11(2)8-24-17-18-13-9-25(20,21)10-15(13)19(17)14-6-5-12(22-3)7-16(14)23-4/h5-7,13,15H,1,8-10H2,2-4H3/t13-,15-/m1/s1. The zero-order valence-electron chi connectivity index (χ0n) is 14.6. The van der Waals surface area contributed by atoms with Gasteiger partial charge in [-0.25, -0.2) is 8.42 Å². The molecule has 1 fully saturated rings. The van der Waals surface area contributed by atoms with Crippen LogP contribution in [0, 0.1) is 0 Å². The van der Waals surface area contributed by atoms with Gasteiger partial charge < -0.3 is 14.4 Å². The van der Waals surface area contributed by atoms with Crippen molar-refractivity contribution in [2.45, 2.75) is 19.0 Å². The van der Waals surface area contributed by atoms with Crippen molar-refractivity contribution in [2.75, 3.05) is 36.4 Å². The van der Waals surface area contributed by atoms with Crippen LogP contribution in [-0.4, -0.2) is 57.1 Å². The van der Waals surface area contributed by atoms with E-state index in [1.54, 1.807) is 32.0 Å². The van der Waals surface area contributed by atoms with Gasteiger partial charge in [-0.3, -0.25) is 4.99 Å². The smallest absolute Gasteiger partial charge is 0.164 e. The van der Waals surface area contributed by atoms with E-state index in [9.17, 15) is 8.42 Å². The molecule has 0 spiro atoms. The van der Waals surface area contributed by atoms with Gasteiger partial charge in [0.2, 0.25) is 0 Å². The summed E-state index contributed by atoms with van der Waals surface area (Å²) in [5, 5.41) is 0.816. The van der Waals surface area contributed by atoms with Crippen molar-refractivity contribution in [3.63, 3.8) is 0 Å². The fraction of sp³-hybridized carbons (Fsp3) is 0.471. The van der Waals surface area contributed by atoms with Crippen LogP contribution in [0.2, 0.25) is 0 Å². The normalized spacial score (nSPS) is 24.0. The number of nitrogens with zero attached hydrogens (tertiary/aromatic N) is 2. The molecule has 136 valence electrons. The Morgan fingerprint density at radius 3 is 2.76 bits per heavy atom. The van der Waals surface area contributed by atoms with Gasteiger partial charge >= 0.3 is 0 Å². The molecular weight excluding hydrogens is 360 g/mol. The first kappa shape index (κ1) is 18.1. The maximum atomic E-state index is 12.1. The Balaban J connectivity index is 2.01. The third-order valence-corrected chi connectivity index (χ3v) is 7.10. The minimum atomic E-state index is -3.07. The van der Waals surface area contributed by atoms with E-state index in [2.05, 4.69) is 6.58 Å². The van der Waals surface area contributed by atoms with Gasteiger partial charge in [0, 0.05) is 11.8 Å². The quantitative estimate of drug-likeness (QED) is 0.728. The summed E-state index contributed by atoms with van der Waals surface area (Å²) < 4.78 is 34.9. The average molecular weight is 383 g/mol. The van der Waals surface area contributed by atoms with E-state index in [0.717, 1.165) is 22.2 Å². The van der Waals surface area contributed by atoms with Crippen molar-refractivity contribution in [2.24, 2.45) is 4.99 Å². The van der Waals surface area contributed by atoms with Crippen LogP contribution in [0.4, 0.5) is 5.69 Å². The highest BCUT2D eigenvalue weighted by atomic mass is 32.2. The van der Waals surface area contributed by atoms with Crippen LogP contribution in [0.5, 0.6) is 11.5 Å². The number of fused-ring (bicyclic) bond motifs is 1. The summed E-state index contributed by atoms with van der Waals surface area (Å²) in [6, 6.07) is 5.11. The molecule has 2 atom stereocenters. The number of hydrogen-bond acceptors (Lipinski definition) is 7. The van der Waals surface area contributed by atoms with E-state index in [-0.39, 0.29) is 23.6 Å². The molecule has 25 heavy (non-hydrogen) atoms. The predicted molar refractivity (Wildman–Crippen MR) is 103 cm³/mol. The van der Waals surface area contributed by atoms with Crippen LogP contribution in [0.3, 0.4) is 0 Å². The first-order chi connectivity index (χ1) is 11.8. The van der Waals surface area contributed by atoms with Crippen LogP contribution in [0.15, 0.2) is 35.3 Å². The zero-order valence-corrected chi connectivity index (χ0v) is 16.2. The lowest BCUT2D eigenvalue weighted by Gasteiger charge is -2.28. The maximum absolute atomic E-state index is 12.1. The molecule has 1 aromatic rings. The van der Waals surface area contributed by atoms with Crippen LogP contribution < -0.4 is 14.4 Å². The largest absolute Gasteiger partial charge is 0.497 e. The number of hydrogen-bond donors (Lipinski definition) is 0. The number of benzene rings is 1. The van der Waals surface area contributed by atoms with Crippen molar-refractivity contribution in [1.82, 2.24) is 0 Å². The minimum absolute atomic E-state index is 0.101. The number of anilines is 1. The zero-order chi connectivity index (χ0) is 18.2. The molecule has 0 aromatic heterocycles. The predicted octanol–water partition coefficient (Wildman–Crippen LogP) is 2.35. The summed E-state index contributed by atoms with van der Waals surface area (Å²) in [5.74, 6) is 2.26. The molecule has 0 saturated carbocycles. The van der Waals surface area contributed by atoms with Crippen molar-refractivity contribution < 1.29 is 17.9 Å². The minimum Gasteiger partial charge on any atom is -0.497 e. The topological polar surface area (TPSA) is 68.2 Å². The molecule has 0 aliphatic carbocycles. The number of sulfone groups is 1. The summed E-state index contributed by atoms with van der Waals surface area (Å²) in [4.78, 5) is 6.69. The third kappa shape index (κ3) is 3.64. The average Bonchev–Trinajstić information content (AvgIpc) is 3.03. The molecule has 0 unspecified atom stereocenters. The highest BCUT2D eigenvalue weighted by Crippen LogP contribution is 2.41. The highest BCUT2D eigenvalue weighted by Gasteiger charge is 2.47. The SMILES string of the molecule is C=C(C)CSC1=N[C@@H]2CS(=O)(=O)C[C@H]2N1c1ccc(OC)cc1OC. The fourth-order valence-corrected chi connectivity index (χ4v) is 5.89. The first-order valence-corrected chi connectivity index (χ1v) is 10.7. The van der Waals surface area contributed by atoms with Crippen molar-refractivity contribution >= 4 is 32.5 Å². The van der Waals surface area contributed by atoms with E-state index in [0.29, 0.717) is 11.5 Å². The van der Waals surface area contributed by atoms with Crippen LogP contribution in [0.1, 0.15) is 6.92 Å². The second-order valence-corrected chi connectivity index (χ2v) is 9.37. The van der Waals surface area contributed by atoms with Crippen LogP contribution in [-0.2, 0) is 9.84 Å². The number of amidine groups is 1. The Bertz CT molecular complexity index is 820. The van der Waals surface area contributed by atoms with Crippen LogP contribution in [0.25, 0.3) is 0 Å². The van der Waals surface area contributed by atoms with Gasteiger partial charge in [-0.15, -0.1) is 0 Å². The highest BCUT2D eigenvalue weighted by molar-refractivity contribution is 8.14. The first-order valence-electron chi connectivity index (χ1n) is 7.91. The summed E-state index contributed by atoms with van der Waals surface area (Å²) in [7, 11) is 0.114. The molecular formula is C17H22N2O4S2. The van der Waals surface area contributed by atoms with Crippen molar-refractivity contribution in [1.29, 1.82) is 0 Å². The number of thioether (sulfide) groups is 1. The lowest BCUT2D eigenvalue weighted by atomic mass is 10.1. The molecule has 2 aliphatic rings. The van der Waals surface area contributed by atoms with E-state index >= 15 is 0 Å². The van der Waals surface area contributed by atoms with Gasteiger partial charge in [0.25, 0.3) is 0 Å². The van der Waals surface area contributed by atoms with Crippen LogP contribution >= 0.6 is 11.8 Å². The van der Waals surface area contributed by atoms with E-state index in [1.165, 1.54) is 0 Å². The number of methoxy groups -OCH3 is 2. The van der Waals surface area contributed by atoms with E-state index < -0.39 is 9.84 Å². The molecule has 0 amide bonds. The Morgan fingerprint density at radius 1 is 1.36 bits per heavy atom. The molecule has 0 bridgehead atoms. The number of rotatable bonds is 5. The second kappa shape index (κ2) is 6.92. The van der Waals surface area contributed by atoms with Gasteiger partial charge in [0.05, 0.1) is 43.5 Å². The van der Waals surface area contributed by atoms with Crippen molar-refractivity contribution in [3.8, 4) is 11.5 Å². The summed E-state index contributed by atoms with van der Waals surface area (Å²) in [6.07, 6.45) is 0. The molecule has 0 N–H and O–H groups in total. The molecule has 1 saturated heterocycles. The molecule has 2 heterocycles. The molecule has 2 aliphatic heterocycles. The van der Waals surface area contributed by atoms with E-state index in [1.807, 2.05) is 24.0 Å². The summed E-state index contributed by atoms with van der Waals surface area (Å²) >= 11 is 1.58. The lowest BCUT2D eigenvalue weighted by Crippen LogP contribution is -2.39. The Labute approximate surface area is 152 Å². The second-order valence-electron chi connectivity index (χ2n) is 6.28. The molecule has 8 heteroatoms. The maximum Gasteiger partial charge on any atom is 0.164 e. The summed E-state index contributed by atoms with van der Waals surface area (Å²) in [5.41, 5.74) is 1.85. The number of aliphatic imine (C=N–C) groups is 1. The van der Waals surface area contributed by atoms with Gasteiger partial charge in [0.1, 0.15) is 11.5 Å². The van der Waals surface area contributed by atoms with Gasteiger partial charge in [-0.2, -0.15) is 0 Å². The molecule has 3 rings (SSSR count). The Hall–Kier alpha value is -1.67. The van der Waals surface area contributed by atoms with Gasteiger partial charge in [0.15, 0.2) is 15.0 Å². The monoisotopic (exact) mass is 382 g/mol. The molecule has 6 nitrogen and oxygen atoms in total. The molecule has 1 aromatic carbocycles. The third-order valence-electron chi connectivity index (χ3n) is 4.20. The Kier molecular flexibility index (Phi) is 5.02. The number of ether oxygens (including phenoxy) is 2.